The Kier molecular flexibility index (Phi) is 6.68. The zero-order chi connectivity index (χ0) is 17.4. The molecule has 0 aliphatic rings. The van der Waals surface area contributed by atoms with Crippen molar-refractivity contribution in [2.75, 3.05) is 11.9 Å². The van der Waals surface area contributed by atoms with Crippen LogP contribution in [0.3, 0.4) is 0 Å². The molecule has 0 aliphatic carbocycles. The molecule has 7 nitrogen and oxygen atoms in total. The zero-order valence-electron chi connectivity index (χ0n) is 13.3. The monoisotopic (exact) mass is 349 g/mol. The maximum absolute atomic E-state index is 11.5. The fourth-order valence-electron chi connectivity index (χ4n) is 1.88. The Bertz CT molecular complexity index is 685. The summed E-state index contributed by atoms with van der Waals surface area (Å²) in [6.45, 7) is 2.57. The molecule has 0 saturated carbocycles. The molecular weight excluding hydrogens is 330 g/mol. The third kappa shape index (κ3) is 5.96. The second-order valence-corrected chi connectivity index (χ2v) is 6.10. The largest absolute Gasteiger partial charge is 0.493 e. The molecule has 1 aromatic heterocycles. The molecule has 0 radical (unpaired) electrons. The van der Waals surface area contributed by atoms with Crippen LogP contribution in [-0.2, 0) is 22.4 Å². The number of rotatable bonds is 9. The average molecular weight is 349 g/mol. The van der Waals surface area contributed by atoms with Crippen LogP contribution >= 0.6 is 11.3 Å². The van der Waals surface area contributed by atoms with E-state index < -0.39 is 5.97 Å². The zero-order valence-corrected chi connectivity index (χ0v) is 14.1. The number of aryl methyl sites for hydroxylation is 1. The van der Waals surface area contributed by atoms with Crippen LogP contribution in [0.2, 0.25) is 0 Å². The fraction of sp³-hybridized carbons (Fsp3) is 0.375. The standard InChI is InChI=1S/C16H19N3O4S/c1-2-11-3-5-12(6-4-11)23-10-9-14-18-19-16(24-14)17-13(20)7-8-15(21)22/h3-6H,2,7-10H2,1H3,(H,21,22)(H,17,19,20). The van der Waals surface area contributed by atoms with E-state index in [1.165, 1.54) is 16.9 Å². The molecule has 2 N–H and O–H groups in total. The first-order chi connectivity index (χ1) is 11.6. The van der Waals surface area contributed by atoms with Crippen molar-refractivity contribution < 1.29 is 19.4 Å². The molecule has 0 unspecified atom stereocenters. The van der Waals surface area contributed by atoms with Crippen LogP contribution in [0.1, 0.15) is 30.3 Å². The highest BCUT2D eigenvalue weighted by Gasteiger charge is 2.10. The highest BCUT2D eigenvalue weighted by molar-refractivity contribution is 7.15. The first-order valence-corrected chi connectivity index (χ1v) is 8.44. The average Bonchev–Trinajstić information content (AvgIpc) is 3.01. The molecule has 0 saturated heterocycles. The molecule has 0 fully saturated rings. The van der Waals surface area contributed by atoms with E-state index in [1.807, 2.05) is 24.3 Å². The Morgan fingerprint density at radius 3 is 2.62 bits per heavy atom. The summed E-state index contributed by atoms with van der Waals surface area (Å²) < 4.78 is 5.65. The van der Waals surface area contributed by atoms with Gasteiger partial charge in [0.1, 0.15) is 10.8 Å². The number of benzene rings is 1. The minimum atomic E-state index is -1.01. The first kappa shape index (κ1) is 17.9. The van der Waals surface area contributed by atoms with Crippen LogP contribution in [0.15, 0.2) is 24.3 Å². The molecule has 0 spiro atoms. The lowest BCUT2D eigenvalue weighted by Gasteiger charge is -2.05. The SMILES string of the molecule is CCc1ccc(OCCc2nnc(NC(=O)CCC(=O)O)s2)cc1. The lowest BCUT2D eigenvalue weighted by molar-refractivity contribution is -0.138. The van der Waals surface area contributed by atoms with E-state index >= 15 is 0 Å². The van der Waals surface area contributed by atoms with E-state index in [9.17, 15) is 9.59 Å². The third-order valence-electron chi connectivity index (χ3n) is 3.20. The van der Waals surface area contributed by atoms with Gasteiger partial charge in [0.05, 0.1) is 13.0 Å². The summed E-state index contributed by atoms with van der Waals surface area (Å²) in [7, 11) is 0. The Morgan fingerprint density at radius 1 is 1.21 bits per heavy atom. The Morgan fingerprint density at radius 2 is 1.96 bits per heavy atom. The molecular formula is C16H19N3O4S. The van der Waals surface area contributed by atoms with Gasteiger partial charge in [-0.1, -0.05) is 30.4 Å². The van der Waals surface area contributed by atoms with Gasteiger partial charge >= 0.3 is 5.97 Å². The van der Waals surface area contributed by atoms with E-state index in [2.05, 4.69) is 22.4 Å². The van der Waals surface area contributed by atoms with Crippen molar-refractivity contribution in [2.45, 2.75) is 32.6 Å². The minimum Gasteiger partial charge on any atom is -0.493 e. The molecule has 0 bridgehead atoms. The summed E-state index contributed by atoms with van der Waals surface area (Å²) in [5, 5.41) is 20.0. The number of aliphatic carboxylic acids is 1. The van der Waals surface area contributed by atoms with Crippen molar-refractivity contribution in [3.05, 3.63) is 34.8 Å². The predicted molar refractivity (Wildman–Crippen MR) is 90.4 cm³/mol. The molecule has 0 atom stereocenters. The predicted octanol–water partition coefficient (Wildman–Crippen LogP) is 2.53. The third-order valence-corrected chi connectivity index (χ3v) is 4.09. The van der Waals surface area contributed by atoms with Crippen LogP contribution in [0, 0.1) is 0 Å². The molecule has 2 aromatic rings. The van der Waals surface area contributed by atoms with Crippen molar-refractivity contribution in [1.82, 2.24) is 10.2 Å². The number of nitrogens with one attached hydrogen (secondary N) is 1. The number of carboxylic acid groups (broad SMARTS) is 1. The normalized spacial score (nSPS) is 10.4. The van der Waals surface area contributed by atoms with Crippen LogP contribution in [-0.4, -0.2) is 33.8 Å². The van der Waals surface area contributed by atoms with Gasteiger partial charge < -0.3 is 15.2 Å². The molecule has 24 heavy (non-hydrogen) atoms. The van der Waals surface area contributed by atoms with Crippen molar-refractivity contribution >= 4 is 28.3 Å². The summed E-state index contributed by atoms with van der Waals surface area (Å²) in [6.07, 6.45) is 1.29. The van der Waals surface area contributed by atoms with Gasteiger partial charge in [-0.15, -0.1) is 10.2 Å². The van der Waals surface area contributed by atoms with Crippen molar-refractivity contribution in [2.24, 2.45) is 0 Å². The van der Waals surface area contributed by atoms with Crippen LogP contribution < -0.4 is 10.1 Å². The smallest absolute Gasteiger partial charge is 0.303 e. The molecule has 8 heteroatoms. The van der Waals surface area contributed by atoms with Crippen molar-refractivity contribution in [3.63, 3.8) is 0 Å². The summed E-state index contributed by atoms with van der Waals surface area (Å²) in [6, 6.07) is 7.94. The topological polar surface area (TPSA) is 101 Å². The summed E-state index contributed by atoms with van der Waals surface area (Å²) in [5.74, 6) is -0.585. The number of carboxylic acids is 1. The van der Waals surface area contributed by atoms with Gasteiger partial charge in [0.2, 0.25) is 11.0 Å². The van der Waals surface area contributed by atoms with Gasteiger partial charge in [0.25, 0.3) is 0 Å². The lowest BCUT2D eigenvalue weighted by atomic mass is 10.2. The number of carbonyl (C=O) groups is 2. The number of amides is 1. The number of hydrogen-bond acceptors (Lipinski definition) is 6. The van der Waals surface area contributed by atoms with Crippen LogP contribution in [0.5, 0.6) is 5.75 Å². The number of aromatic nitrogens is 2. The van der Waals surface area contributed by atoms with Crippen LogP contribution in [0.4, 0.5) is 5.13 Å². The number of anilines is 1. The van der Waals surface area contributed by atoms with E-state index in [0.29, 0.717) is 18.2 Å². The Balaban J connectivity index is 1.74. The van der Waals surface area contributed by atoms with E-state index in [0.717, 1.165) is 17.2 Å². The van der Waals surface area contributed by atoms with Gasteiger partial charge in [-0.3, -0.25) is 9.59 Å². The number of hydrogen-bond donors (Lipinski definition) is 2. The lowest BCUT2D eigenvalue weighted by Crippen LogP contribution is -2.12. The van der Waals surface area contributed by atoms with Crippen molar-refractivity contribution in [3.8, 4) is 5.75 Å². The maximum atomic E-state index is 11.5. The molecule has 128 valence electrons. The van der Waals surface area contributed by atoms with E-state index in [4.69, 9.17) is 9.84 Å². The quantitative estimate of drug-likeness (QED) is 0.721. The first-order valence-electron chi connectivity index (χ1n) is 7.62. The highest BCUT2D eigenvalue weighted by Crippen LogP contribution is 2.17. The van der Waals surface area contributed by atoms with Gasteiger partial charge in [-0.25, -0.2) is 0 Å². The maximum Gasteiger partial charge on any atom is 0.303 e. The molecule has 0 aliphatic heterocycles. The summed E-state index contributed by atoms with van der Waals surface area (Å²) >= 11 is 1.26. The van der Waals surface area contributed by atoms with Gasteiger partial charge in [0, 0.05) is 12.8 Å². The van der Waals surface area contributed by atoms with Crippen molar-refractivity contribution in [1.29, 1.82) is 0 Å². The van der Waals surface area contributed by atoms with Crippen LogP contribution in [0.25, 0.3) is 0 Å². The minimum absolute atomic E-state index is 0.0822. The summed E-state index contributed by atoms with van der Waals surface area (Å²) in [5.41, 5.74) is 1.26. The Labute approximate surface area is 143 Å². The van der Waals surface area contributed by atoms with E-state index in [1.54, 1.807) is 0 Å². The molecule has 1 amide bonds. The number of ether oxygens (including phenoxy) is 1. The fourth-order valence-corrected chi connectivity index (χ4v) is 2.62. The molecule has 2 rings (SSSR count). The summed E-state index contributed by atoms with van der Waals surface area (Å²) in [4.78, 5) is 21.9. The van der Waals surface area contributed by atoms with Gasteiger partial charge in [0.15, 0.2) is 0 Å². The molecule has 1 heterocycles. The Hall–Kier alpha value is -2.48. The van der Waals surface area contributed by atoms with E-state index in [-0.39, 0.29) is 18.7 Å². The second-order valence-electron chi connectivity index (χ2n) is 5.04. The molecule has 1 aromatic carbocycles. The number of nitrogens with zero attached hydrogens (tertiary/aromatic N) is 2. The highest BCUT2D eigenvalue weighted by atomic mass is 32.1. The van der Waals surface area contributed by atoms with Gasteiger partial charge in [-0.2, -0.15) is 0 Å². The number of carbonyl (C=O) groups excluding carboxylic acids is 1. The second kappa shape index (κ2) is 8.97. The van der Waals surface area contributed by atoms with Gasteiger partial charge in [-0.05, 0) is 24.1 Å².